The molecule has 0 aromatic heterocycles. The van der Waals surface area contributed by atoms with Gasteiger partial charge in [-0.05, 0) is 47.5 Å². The Morgan fingerprint density at radius 2 is 1.30 bits per heavy atom. The summed E-state index contributed by atoms with van der Waals surface area (Å²) in [4.78, 5) is 36.7. The molecule has 0 aliphatic heterocycles. The molecule has 12 heteroatoms. The Hall–Kier alpha value is -4.55. The number of rotatable bonds is 7. The van der Waals surface area contributed by atoms with E-state index in [1.807, 2.05) is 0 Å². The number of aliphatic hydroxyl groups excluding tert-OH is 2. The first-order valence-corrected chi connectivity index (χ1v) is 10.8. The van der Waals surface area contributed by atoms with Crippen LogP contribution in [0.25, 0.3) is 12.2 Å². The van der Waals surface area contributed by atoms with Gasteiger partial charge in [-0.15, -0.1) is 0 Å². The van der Waals surface area contributed by atoms with E-state index in [4.69, 9.17) is 9.47 Å². The summed E-state index contributed by atoms with van der Waals surface area (Å²) in [5.74, 6) is -5.41. The van der Waals surface area contributed by atoms with Crippen LogP contribution in [0.1, 0.15) is 24.0 Å². The molecule has 12 nitrogen and oxygen atoms in total. The number of esters is 2. The first-order valence-electron chi connectivity index (χ1n) is 10.8. The van der Waals surface area contributed by atoms with Gasteiger partial charge in [0.25, 0.3) is 0 Å². The molecule has 0 spiro atoms. The van der Waals surface area contributed by atoms with Crippen molar-refractivity contribution < 1.29 is 59.6 Å². The maximum absolute atomic E-state index is 12.4. The van der Waals surface area contributed by atoms with Crippen LogP contribution in [0.3, 0.4) is 0 Å². The average molecular weight is 516 g/mol. The number of benzene rings is 2. The Morgan fingerprint density at radius 3 is 1.78 bits per heavy atom. The van der Waals surface area contributed by atoms with Gasteiger partial charge < -0.3 is 45.2 Å². The number of hydrogen-bond donors (Lipinski definition) is 7. The lowest BCUT2D eigenvalue weighted by atomic mass is 9.79. The van der Waals surface area contributed by atoms with E-state index in [2.05, 4.69) is 0 Å². The Kier molecular flexibility index (Phi) is 8.05. The van der Waals surface area contributed by atoms with Gasteiger partial charge in [0.2, 0.25) is 5.60 Å². The summed E-state index contributed by atoms with van der Waals surface area (Å²) < 4.78 is 10.2. The lowest BCUT2D eigenvalue weighted by Crippen LogP contribution is -2.58. The second-order valence-corrected chi connectivity index (χ2v) is 8.33. The third-order valence-corrected chi connectivity index (χ3v) is 5.62. The maximum atomic E-state index is 12.4. The summed E-state index contributed by atoms with van der Waals surface area (Å²) in [6, 6.07) is 7.44. The number of carboxylic acid groups (broad SMARTS) is 1. The first kappa shape index (κ1) is 27.0. The molecule has 7 N–H and O–H groups in total. The fourth-order valence-electron chi connectivity index (χ4n) is 3.68. The molecule has 0 saturated heterocycles. The molecule has 37 heavy (non-hydrogen) atoms. The third kappa shape index (κ3) is 6.57. The molecule has 1 aliphatic rings. The molecular weight excluding hydrogens is 492 g/mol. The van der Waals surface area contributed by atoms with Gasteiger partial charge >= 0.3 is 17.9 Å². The highest BCUT2D eigenvalue weighted by Crippen LogP contribution is 2.35. The molecule has 0 radical (unpaired) electrons. The fourth-order valence-corrected chi connectivity index (χ4v) is 3.68. The average Bonchev–Trinajstić information content (AvgIpc) is 2.83. The van der Waals surface area contributed by atoms with Crippen LogP contribution in [0.15, 0.2) is 48.6 Å². The minimum absolute atomic E-state index is 0.288. The van der Waals surface area contributed by atoms with E-state index in [1.165, 1.54) is 42.5 Å². The number of phenols is 4. The van der Waals surface area contributed by atoms with Crippen LogP contribution in [0.5, 0.6) is 23.0 Å². The van der Waals surface area contributed by atoms with Crippen molar-refractivity contribution in [2.24, 2.45) is 0 Å². The number of aliphatic hydroxyl groups is 2. The summed E-state index contributed by atoms with van der Waals surface area (Å²) in [6.45, 7) is 0. The topological polar surface area (TPSA) is 211 Å². The van der Waals surface area contributed by atoms with Crippen LogP contribution in [0, 0.1) is 0 Å². The molecule has 1 saturated carbocycles. The molecular formula is C25H24O12. The number of carbonyl (C=O) groups is 3. The van der Waals surface area contributed by atoms with Gasteiger partial charge in [-0.25, -0.2) is 14.4 Å². The van der Waals surface area contributed by atoms with Crippen molar-refractivity contribution in [3.8, 4) is 23.0 Å². The van der Waals surface area contributed by atoms with Crippen molar-refractivity contribution in [3.63, 3.8) is 0 Å². The van der Waals surface area contributed by atoms with Crippen molar-refractivity contribution in [1.82, 2.24) is 0 Å². The highest BCUT2D eigenvalue weighted by molar-refractivity contribution is 5.91. The van der Waals surface area contributed by atoms with Gasteiger partial charge in [0, 0.05) is 25.0 Å². The van der Waals surface area contributed by atoms with Gasteiger partial charge in [-0.2, -0.15) is 0 Å². The minimum Gasteiger partial charge on any atom is -0.504 e. The van der Waals surface area contributed by atoms with Gasteiger partial charge in [-0.1, -0.05) is 12.1 Å². The molecule has 1 aliphatic carbocycles. The monoisotopic (exact) mass is 516 g/mol. The van der Waals surface area contributed by atoms with E-state index in [9.17, 15) is 50.1 Å². The molecule has 3 rings (SSSR count). The zero-order chi connectivity index (χ0) is 27.3. The molecule has 2 aromatic carbocycles. The molecule has 1 fully saturated rings. The van der Waals surface area contributed by atoms with E-state index in [0.717, 1.165) is 18.2 Å². The smallest absolute Gasteiger partial charge is 0.348 e. The van der Waals surface area contributed by atoms with E-state index in [1.54, 1.807) is 0 Å². The number of aromatic hydroxyl groups is 4. The van der Waals surface area contributed by atoms with Crippen LogP contribution in [-0.2, 0) is 23.9 Å². The normalized spacial score (nSPS) is 23.7. The Morgan fingerprint density at radius 1 is 0.784 bits per heavy atom. The van der Waals surface area contributed by atoms with Gasteiger partial charge in [0.1, 0.15) is 12.2 Å². The first-order chi connectivity index (χ1) is 17.4. The molecule has 2 aromatic rings. The SMILES string of the molecule is O=C(/C=C/c1ccc(O)c(O)c1)OC1CC(OC(=O)/C=C/c2ccc(O)c(O)c2)(C(=O)O)C[C@@H](O)[C@H]1O. The Balaban J connectivity index is 1.73. The van der Waals surface area contributed by atoms with Crippen molar-refractivity contribution in [2.45, 2.75) is 36.8 Å². The van der Waals surface area contributed by atoms with Gasteiger partial charge in [0.05, 0.1) is 6.10 Å². The van der Waals surface area contributed by atoms with Crippen LogP contribution < -0.4 is 0 Å². The maximum Gasteiger partial charge on any atom is 0.348 e. The highest BCUT2D eigenvalue weighted by Gasteiger charge is 2.54. The van der Waals surface area contributed by atoms with Crippen molar-refractivity contribution >= 4 is 30.1 Å². The minimum atomic E-state index is -2.34. The van der Waals surface area contributed by atoms with Crippen LogP contribution in [0.2, 0.25) is 0 Å². The summed E-state index contributed by atoms with van der Waals surface area (Å²) in [5, 5.41) is 68.0. The molecule has 4 atom stereocenters. The van der Waals surface area contributed by atoms with Gasteiger partial charge in [0.15, 0.2) is 23.0 Å². The molecule has 0 heterocycles. The molecule has 196 valence electrons. The summed E-state index contributed by atoms with van der Waals surface area (Å²) in [5.41, 5.74) is -1.73. The Labute approximate surface area is 209 Å². The second kappa shape index (κ2) is 11.0. The quantitative estimate of drug-likeness (QED) is 0.156. The fraction of sp³-hybridized carbons (Fsp3) is 0.240. The highest BCUT2D eigenvalue weighted by atomic mass is 16.6. The molecule has 0 amide bonds. The predicted octanol–water partition coefficient (Wildman–Crippen LogP) is 1.03. The third-order valence-electron chi connectivity index (χ3n) is 5.62. The Bertz CT molecular complexity index is 1250. The number of aliphatic carboxylic acids is 1. The van der Waals surface area contributed by atoms with E-state index in [-0.39, 0.29) is 17.1 Å². The van der Waals surface area contributed by atoms with E-state index in [0.29, 0.717) is 5.56 Å². The van der Waals surface area contributed by atoms with Crippen molar-refractivity contribution in [3.05, 3.63) is 59.7 Å². The number of phenolic OH excluding ortho intramolecular Hbond substituents is 4. The largest absolute Gasteiger partial charge is 0.504 e. The molecule has 2 unspecified atom stereocenters. The van der Waals surface area contributed by atoms with Crippen LogP contribution >= 0.6 is 0 Å². The van der Waals surface area contributed by atoms with Crippen LogP contribution in [0.4, 0.5) is 0 Å². The lowest BCUT2D eigenvalue weighted by molar-refractivity contribution is -0.207. The van der Waals surface area contributed by atoms with Crippen molar-refractivity contribution in [1.29, 1.82) is 0 Å². The van der Waals surface area contributed by atoms with Gasteiger partial charge in [-0.3, -0.25) is 0 Å². The standard InChI is InChI=1S/C25H24O12/c26-15-5-1-13(9-17(15)28)3-7-21(31)36-20-12-25(24(34)35,11-19(30)23(20)33)37-22(32)8-4-14-2-6-16(27)18(29)10-14/h1-10,19-20,23,26-30,33H,11-12H2,(H,34,35)/b7-3+,8-4+/t19-,20?,23-,25?/m1/s1. The number of carbonyl (C=O) groups excluding carboxylic acids is 2. The van der Waals surface area contributed by atoms with Crippen LogP contribution in [-0.4, -0.2) is 77.6 Å². The zero-order valence-corrected chi connectivity index (χ0v) is 19.1. The summed E-state index contributed by atoms with van der Waals surface area (Å²) in [6.07, 6.45) is -2.09. The number of ether oxygens (including phenoxy) is 2. The zero-order valence-electron chi connectivity index (χ0n) is 19.1. The molecule has 0 bridgehead atoms. The lowest BCUT2D eigenvalue weighted by Gasteiger charge is -2.41. The second-order valence-electron chi connectivity index (χ2n) is 8.33. The summed E-state index contributed by atoms with van der Waals surface area (Å²) in [7, 11) is 0. The van der Waals surface area contributed by atoms with Crippen molar-refractivity contribution in [2.75, 3.05) is 0 Å². The van der Waals surface area contributed by atoms with E-state index >= 15 is 0 Å². The number of carboxylic acids is 1. The summed E-state index contributed by atoms with van der Waals surface area (Å²) >= 11 is 0. The number of hydrogen-bond acceptors (Lipinski definition) is 11. The predicted molar refractivity (Wildman–Crippen MR) is 125 cm³/mol. The van der Waals surface area contributed by atoms with E-state index < -0.39 is 66.2 Å².